The van der Waals surface area contributed by atoms with E-state index < -0.39 is 0 Å². The molecule has 17 heavy (non-hydrogen) atoms. The Kier molecular flexibility index (Phi) is 3.86. The van der Waals surface area contributed by atoms with E-state index in [2.05, 4.69) is 24.1 Å². The zero-order valence-electron chi connectivity index (χ0n) is 11.0. The predicted octanol–water partition coefficient (Wildman–Crippen LogP) is 1.61. The Morgan fingerprint density at radius 2 is 2.29 bits per heavy atom. The Morgan fingerprint density at radius 3 is 3.00 bits per heavy atom. The minimum absolute atomic E-state index is 0.0476. The predicted molar refractivity (Wildman–Crippen MR) is 66.8 cm³/mol. The lowest BCUT2D eigenvalue weighted by Crippen LogP contribution is -2.47. The maximum atomic E-state index is 5.71. The average Bonchev–Trinajstić information content (AvgIpc) is 2.65. The van der Waals surface area contributed by atoms with Crippen molar-refractivity contribution in [2.75, 3.05) is 26.7 Å². The summed E-state index contributed by atoms with van der Waals surface area (Å²) < 4.78 is 11.3. The number of nitrogens with zero attached hydrogens (tertiary/aromatic N) is 1. The van der Waals surface area contributed by atoms with Crippen molar-refractivity contribution in [3.8, 4) is 0 Å². The smallest absolute Gasteiger partial charge is 0.122 e. The van der Waals surface area contributed by atoms with E-state index >= 15 is 0 Å². The molecule has 0 spiro atoms. The van der Waals surface area contributed by atoms with Crippen LogP contribution in [0.25, 0.3) is 0 Å². The van der Waals surface area contributed by atoms with Crippen LogP contribution in [0.5, 0.6) is 0 Å². The molecule has 0 bridgehead atoms. The van der Waals surface area contributed by atoms with E-state index in [1.807, 2.05) is 13.1 Å². The molecule has 4 heteroatoms. The molecule has 0 saturated carbocycles. The van der Waals surface area contributed by atoms with Gasteiger partial charge in [0.2, 0.25) is 0 Å². The summed E-state index contributed by atoms with van der Waals surface area (Å²) in [4.78, 5) is 2.39. The Hall–Kier alpha value is -0.840. The maximum absolute atomic E-state index is 5.71. The van der Waals surface area contributed by atoms with Crippen LogP contribution in [-0.4, -0.2) is 37.2 Å². The van der Waals surface area contributed by atoms with Crippen LogP contribution in [0, 0.1) is 0 Å². The second-order valence-corrected chi connectivity index (χ2v) is 5.22. The molecule has 1 aromatic rings. The van der Waals surface area contributed by atoms with E-state index in [1.165, 1.54) is 5.56 Å². The Balaban J connectivity index is 1.98. The quantitative estimate of drug-likeness (QED) is 0.865. The molecule has 0 atom stereocenters. The topological polar surface area (TPSA) is 37.6 Å². The molecule has 1 saturated heterocycles. The second-order valence-electron chi connectivity index (χ2n) is 5.22. The minimum atomic E-state index is -0.0476. The minimum Gasteiger partial charge on any atom is -0.468 e. The Morgan fingerprint density at radius 1 is 1.47 bits per heavy atom. The van der Waals surface area contributed by atoms with Gasteiger partial charge in [0.05, 0.1) is 25.0 Å². The average molecular weight is 238 g/mol. The monoisotopic (exact) mass is 238 g/mol. The lowest BCUT2D eigenvalue weighted by atomic mass is 10.1. The first kappa shape index (κ1) is 12.6. The van der Waals surface area contributed by atoms with Gasteiger partial charge < -0.3 is 14.5 Å². The summed E-state index contributed by atoms with van der Waals surface area (Å²) in [5.41, 5.74) is 1.20. The van der Waals surface area contributed by atoms with Crippen molar-refractivity contribution >= 4 is 0 Å². The first-order chi connectivity index (χ1) is 8.11. The van der Waals surface area contributed by atoms with Crippen LogP contribution >= 0.6 is 0 Å². The molecule has 2 heterocycles. The van der Waals surface area contributed by atoms with Crippen molar-refractivity contribution in [1.82, 2.24) is 10.2 Å². The van der Waals surface area contributed by atoms with Crippen LogP contribution in [0.4, 0.5) is 0 Å². The summed E-state index contributed by atoms with van der Waals surface area (Å²) in [7, 11) is 1.95. The molecule has 0 aromatic carbocycles. The molecule has 96 valence electrons. The Bertz CT molecular complexity index is 360. The van der Waals surface area contributed by atoms with Gasteiger partial charge in [-0.05, 0) is 27.0 Å². The third kappa shape index (κ3) is 3.31. The van der Waals surface area contributed by atoms with Crippen LogP contribution in [0.2, 0.25) is 0 Å². The fourth-order valence-corrected chi connectivity index (χ4v) is 2.31. The molecule has 0 radical (unpaired) electrons. The lowest BCUT2D eigenvalue weighted by Gasteiger charge is -2.37. The summed E-state index contributed by atoms with van der Waals surface area (Å²) in [6, 6.07) is 2.04. The van der Waals surface area contributed by atoms with Crippen molar-refractivity contribution < 1.29 is 9.15 Å². The highest BCUT2D eigenvalue weighted by molar-refractivity contribution is 5.16. The van der Waals surface area contributed by atoms with Crippen molar-refractivity contribution in [3.63, 3.8) is 0 Å². The van der Waals surface area contributed by atoms with E-state index in [-0.39, 0.29) is 5.60 Å². The number of rotatable bonds is 4. The van der Waals surface area contributed by atoms with Gasteiger partial charge in [-0.3, -0.25) is 4.90 Å². The van der Waals surface area contributed by atoms with Gasteiger partial charge in [-0.15, -0.1) is 0 Å². The highest BCUT2D eigenvalue weighted by Gasteiger charge is 2.27. The van der Waals surface area contributed by atoms with Crippen LogP contribution in [0.3, 0.4) is 0 Å². The molecular formula is C13H22N2O2. The molecule has 0 unspecified atom stereocenters. The molecule has 1 aliphatic rings. The van der Waals surface area contributed by atoms with E-state index in [9.17, 15) is 0 Å². The number of morpholine rings is 1. The lowest BCUT2D eigenvalue weighted by molar-refractivity contribution is -0.0895. The fourth-order valence-electron chi connectivity index (χ4n) is 2.31. The number of hydrogen-bond donors (Lipinski definition) is 1. The molecular weight excluding hydrogens is 216 g/mol. The highest BCUT2D eigenvalue weighted by Crippen LogP contribution is 2.20. The summed E-state index contributed by atoms with van der Waals surface area (Å²) in [5, 5.41) is 3.16. The molecule has 0 amide bonds. The first-order valence-electron chi connectivity index (χ1n) is 6.17. The Labute approximate surface area is 103 Å². The molecule has 0 aliphatic carbocycles. The van der Waals surface area contributed by atoms with Crippen LogP contribution in [0.1, 0.15) is 25.2 Å². The standard InChI is InChI=1S/C13H22N2O2/c1-13(2)10-15(5-7-17-13)9-12-11(8-14-3)4-6-16-12/h4,6,14H,5,7-10H2,1-3H3. The van der Waals surface area contributed by atoms with E-state index in [0.717, 1.165) is 38.5 Å². The van der Waals surface area contributed by atoms with Gasteiger partial charge in [0, 0.05) is 25.2 Å². The van der Waals surface area contributed by atoms with Crippen LogP contribution in [-0.2, 0) is 17.8 Å². The summed E-state index contributed by atoms with van der Waals surface area (Å²) >= 11 is 0. The van der Waals surface area contributed by atoms with E-state index in [1.54, 1.807) is 6.26 Å². The zero-order chi connectivity index (χ0) is 12.3. The van der Waals surface area contributed by atoms with E-state index in [0.29, 0.717) is 0 Å². The fraction of sp³-hybridized carbons (Fsp3) is 0.692. The van der Waals surface area contributed by atoms with Crippen molar-refractivity contribution in [1.29, 1.82) is 0 Å². The van der Waals surface area contributed by atoms with Crippen molar-refractivity contribution in [3.05, 3.63) is 23.7 Å². The van der Waals surface area contributed by atoms with Gasteiger partial charge in [-0.25, -0.2) is 0 Å². The second kappa shape index (κ2) is 5.21. The van der Waals surface area contributed by atoms with Gasteiger partial charge in [0.15, 0.2) is 0 Å². The third-order valence-corrected chi connectivity index (χ3v) is 3.08. The maximum Gasteiger partial charge on any atom is 0.122 e. The van der Waals surface area contributed by atoms with E-state index in [4.69, 9.17) is 9.15 Å². The summed E-state index contributed by atoms with van der Waals surface area (Å²) in [6.45, 7) is 8.73. The van der Waals surface area contributed by atoms with Gasteiger partial charge >= 0.3 is 0 Å². The molecule has 2 rings (SSSR count). The number of hydrogen-bond acceptors (Lipinski definition) is 4. The molecule has 4 nitrogen and oxygen atoms in total. The molecule has 1 aromatic heterocycles. The number of ether oxygens (including phenoxy) is 1. The van der Waals surface area contributed by atoms with Gasteiger partial charge in [0.25, 0.3) is 0 Å². The zero-order valence-corrected chi connectivity index (χ0v) is 11.0. The number of nitrogens with one attached hydrogen (secondary N) is 1. The van der Waals surface area contributed by atoms with Crippen molar-refractivity contribution in [2.45, 2.75) is 32.5 Å². The molecule has 1 aliphatic heterocycles. The largest absolute Gasteiger partial charge is 0.468 e. The molecule has 1 N–H and O–H groups in total. The SMILES string of the molecule is CNCc1ccoc1CN1CCOC(C)(C)C1. The van der Waals surface area contributed by atoms with Crippen molar-refractivity contribution in [2.24, 2.45) is 0 Å². The van der Waals surface area contributed by atoms with Gasteiger partial charge in [-0.2, -0.15) is 0 Å². The van der Waals surface area contributed by atoms with Gasteiger partial charge in [0.1, 0.15) is 5.76 Å². The summed E-state index contributed by atoms with van der Waals surface area (Å²) in [5.74, 6) is 1.07. The number of furan rings is 1. The summed E-state index contributed by atoms with van der Waals surface area (Å²) in [6.07, 6.45) is 1.77. The van der Waals surface area contributed by atoms with Crippen LogP contribution < -0.4 is 5.32 Å². The highest BCUT2D eigenvalue weighted by atomic mass is 16.5. The van der Waals surface area contributed by atoms with Crippen LogP contribution in [0.15, 0.2) is 16.7 Å². The van der Waals surface area contributed by atoms with Gasteiger partial charge in [-0.1, -0.05) is 0 Å². The molecule has 1 fully saturated rings. The normalized spacial score (nSPS) is 20.6. The third-order valence-electron chi connectivity index (χ3n) is 3.08. The first-order valence-corrected chi connectivity index (χ1v) is 6.17.